The van der Waals surface area contributed by atoms with E-state index in [2.05, 4.69) is 17.4 Å². The standard InChI is InChI=1S/C22H31N3O2/c26-21-13-7-10-18-15-24(22(27)23-19-11-5-2-6-12-19)16-20(18)25(21)14-17-8-3-1-4-9-17/h1,3-4,8-9,18-20H,2,5-7,10-16H2,(H,23,27)/t18-,20+/m1/s1. The Balaban J connectivity index is 1.43. The quantitative estimate of drug-likeness (QED) is 0.886. The van der Waals surface area contributed by atoms with Crippen LogP contribution in [0.5, 0.6) is 0 Å². The van der Waals surface area contributed by atoms with Gasteiger partial charge in [-0.1, -0.05) is 49.6 Å². The molecule has 2 heterocycles. The van der Waals surface area contributed by atoms with Crippen molar-refractivity contribution in [2.45, 2.75) is 70.0 Å². The molecule has 3 fully saturated rings. The van der Waals surface area contributed by atoms with Gasteiger partial charge < -0.3 is 15.1 Å². The van der Waals surface area contributed by atoms with Crippen molar-refractivity contribution < 1.29 is 9.59 Å². The molecule has 1 aromatic rings. The lowest BCUT2D eigenvalue weighted by Crippen LogP contribution is -2.47. The lowest BCUT2D eigenvalue weighted by atomic mass is 9.96. The molecule has 1 aromatic carbocycles. The summed E-state index contributed by atoms with van der Waals surface area (Å²) in [5, 5.41) is 3.25. The Kier molecular flexibility index (Phi) is 5.65. The van der Waals surface area contributed by atoms with Crippen LogP contribution in [0.15, 0.2) is 30.3 Å². The number of nitrogens with one attached hydrogen (secondary N) is 1. The molecule has 1 saturated carbocycles. The van der Waals surface area contributed by atoms with Crippen molar-refractivity contribution in [1.82, 2.24) is 15.1 Å². The second-order valence-electron chi connectivity index (χ2n) is 8.42. The van der Waals surface area contributed by atoms with Gasteiger partial charge in [-0.2, -0.15) is 0 Å². The van der Waals surface area contributed by atoms with Crippen molar-refractivity contribution in [1.29, 1.82) is 0 Å². The zero-order valence-corrected chi connectivity index (χ0v) is 16.1. The zero-order chi connectivity index (χ0) is 18.6. The highest BCUT2D eigenvalue weighted by molar-refractivity contribution is 5.78. The van der Waals surface area contributed by atoms with Gasteiger partial charge in [-0.05, 0) is 37.2 Å². The normalized spacial score (nSPS) is 26.6. The number of carbonyl (C=O) groups is 2. The molecule has 146 valence electrons. The van der Waals surface area contributed by atoms with Gasteiger partial charge in [0.05, 0.1) is 6.04 Å². The zero-order valence-electron chi connectivity index (χ0n) is 16.1. The molecule has 2 saturated heterocycles. The van der Waals surface area contributed by atoms with Crippen LogP contribution in [-0.2, 0) is 11.3 Å². The van der Waals surface area contributed by atoms with Crippen LogP contribution in [0, 0.1) is 5.92 Å². The van der Waals surface area contributed by atoms with Crippen LogP contribution in [0.2, 0.25) is 0 Å². The first-order chi connectivity index (χ1) is 13.2. The van der Waals surface area contributed by atoms with E-state index in [0.717, 1.165) is 37.8 Å². The van der Waals surface area contributed by atoms with Crippen molar-refractivity contribution in [2.24, 2.45) is 5.92 Å². The highest BCUT2D eigenvalue weighted by Gasteiger charge is 2.42. The molecule has 5 nitrogen and oxygen atoms in total. The van der Waals surface area contributed by atoms with Gasteiger partial charge in [-0.25, -0.2) is 4.79 Å². The molecule has 0 spiro atoms. The maximum absolute atomic E-state index is 12.8. The minimum Gasteiger partial charge on any atom is -0.335 e. The van der Waals surface area contributed by atoms with E-state index in [1.165, 1.54) is 19.3 Å². The largest absolute Gasteiger partial charge is 0.335 e. The third-order valence-corrected chi connectivity index (χ3v) is 6.51. The number of hydrogen-bond acceptors (Lipinski definition) is 2. The Morgan fingerprint density at radius 1 is 1.00 bits per heavy atom. The summed E-state index contributed by atoms with van der Waals surface area (Å²) in [6.07, 6.45) is 8.53. The fraction of sp³-hybridized carbons (Fsp3) is 0.636. The van der Waals surface area contributed by atoms with Gasteiger partial charge in [0.15, 0.2) is 0 Å². The molecule has 1 aliphatic carbocycles. The minimum absolute atomic E-state index is 0.0714. The van der Waals surface area contributed by atoms with Crippen LogP contribution < -0.4 is 5.32 Å². The molecule has 27 heavy (non-hydrogen) atoms. The Hall–Kier alpha value is -2.04. The number of fused-ring (bicyclic) bond motifs is 1. The highest BCUT2D eigenvalue weighted by Crippen LogP contribution is 2.32. The molecule has 2 atom stereocenters. The van der Waals surface area contributed by atoms with Crippen LogP contribution in [-0.4, -0.2) is 46.9 Å². The van der Waals surface area contributed by atoms with Gasteiger partial charge in [-0.15, -0.1) is 0 Å². The van der Waals surface area contributed by atoms with Crippen LogP contribution in [0.3, 0.4) is 0 Å². The van der Waals surface area contributed by atoms with E-state index < -0.39 is 0 Å². The van der Waals surface area contributed by atoms with E-state index in [1.54, 1.807) is 0 Å². The Labute approximate surface area is 162 Å². The van der Waals surface area contributed by atoms with Gasteiger partial charge in [0.1, 0.15) is 0 Å². The van der Waals surface area contributed by atoms with Gasteiger partial charge in [-0.3, -0.25) is 4.79 Å². The lowest BCUT2D eigenvalue weighted by Gasteiger charge is -2.30. The molecule has 3 aliphatic rings. The van der Waals surface area contributed by atoms with Crippen LogP contribution >= 0.6 is 0 Å². The second-order valence-corrected chi connectivity index (χ2v) is 8.42. The maximum atomic E-state index is 12.8. The van der Waals surface area contributed by atoms with E-state index in [1.807, 2.05) is 28.0 Å². The summed E-state index contributed by atoms with van der Waals surface area (Å²) in [5.74, 6) is 0.637. The van der Waals surface area contributed by atoms with Crippen molar-refractivity contribution in [3.63, 3.8) is 0 Å². The van der Waals surface area contributed by atoms with Gasteiger partial charge in [0.2, 0.25) is 5.91 Å². The highest BCUT2D eigenvalue weighted by atomic mass is 16.2. The summed E-state index contributed by atoms with van der Waals surface area (Å²) in [7, 11) is 0. The van der Waals surface area contributed by atoms with Crippen LogP contribution in [0.4, 0.5) is 4.79 Å². The molecular weight excluding hydrogens is 338 g/mol. The number of nitrogens with zero attached hydrogens (tertiary/aromatic N) is 2. The average molecular weight is 370 g/mol. The Morgan fingerprint density at radius 2 is 1.78 bits per heavy atom. The fourth-order valence-corrected chi connectivity index (χ4v) is 5.00. The number of urea groups is 1. The summed E-state index contributed by atoms with van der Waals surface area (Å²) in [6, 6.07) is 10.8. The predicted molar refractivity (Wildman–Crippen MR) is 105 cm³/mol. The molecule has 2 aliphatic heterocycles. The van der Waals surface area contributed by atoms with E-state index >= 15 is 0 Å². The first-order valence-electron chi connectivity index (χ1n) is 10.6. The minimum atomic E-state index is 0.0714. The van der Waals surface area contributed by atoms with E-state index in [-0.39, 0.29) is 18.0 Å². The summed E-state index contributed by atoms with van der Waals surface area (Å²) < 4.78 is 0. The maximum Gasteiger partial charge on any atom is 0.317 e. The predicted octanol–water partition coefficient (Wildman–Crippen LogP) is 3.54. The number of amides is 3. The lowest BCUT2D eigenvalue weighted by molar-refractivity contribution is -0.133. The molecule has 0 aromatic heterocycles. The Bertz CT molecular complexity index is 657. The SMILES string of the molecule is O=C(NC1CCCCC1)N1C[C@H]2CCCC(=O)N(Cc3ccccc3)[C@H]2C1. The van der Waals surface area contributed by atoms with Crippen LogP contribution in [0.1, 0.15) is 56.9 Å². The molecular formula is C22H31N3O2. The molecule has 5 heteroatoms. The number of hydrogen-bond donors (Lipinski definition) is 1. The topological polar surface area (TPSA) is 52.7 Å². The molecule has 0 radical (unpaired) electrons. The summed E-state index contributed by atoms with van der Waals surface area (Å²) in [4.78, 5) is 29.6. The summed E-state index contributed by atoms with van der Waals surface area (Å²) in [6.45, 7) is 2.10. The first-order valence-corrected chi connectivity index (χ1v) is 10.6. The van der Waals surface area contributed by atoms with Crippen molar-refractivity contribution in [3.8, 4) is 0 Å². The smallest absolute Gasteiger partial charge is 0.317 e. The van der Waals surface area contributed by atoms with Crippen molar-refractivity contribution in [2.75, 3.05) is 13.1 Å². The van der Waals surface area contributed by atoms with Crippen LogP contribution in [0.25, 0.3) is 0 Å². The molecule has 4 rings (SSSR count). The third kappa shape index (κ3) is 4.28. The number of benzene rings is 1. The van der Waals surface area contributed by atoms with E-state index in [0.29, 0.717) is 31.5 Å². The first kappa shape index (κ1) is 18.3. The molecule has 0 unspecified atom stereocenters. The average Bonchev–Trinajstić information content (AvgIpc) is 3.06. The third-order valence-electron chi connectivity index (χ3n) is 6.51. The molecule has 1 N–H and O–H groups in total. The van der Waals surface area contributed by atoms with Crippen molar-refractivity contribution in [3.05, 3.63) is 35.9 Å². The number of likely N-dealkylation sites (tertiary alicyclic amines) is 2. The fourth-order valence-electron chi connectivity index (χ4n) is 5.00. The van der Waals surface area contributed by atoms with E-state index in [9.17, 15) is 9.59 Å². The second kappa shape index (κ2) is 8.32. The monoisotopic (exact) mass is 369 g/mol. The van der Waals surface area contributed by atoms with Gasteiger partial charge in [0, 0.05) is 32.1 Å². The molecule has 3 amide bonds. The van der Waals surface area contributed by atoms with Gasteiger partial charge >= 0.3 is 6.03 Å². The molecule has 0 bridgehead atoms. The Morgan fingerprint density at radius 3 is 2.56 bits per heavy atom. The van der Waals surface area contributed by atoms with Gasteiger partial charge in [0.25, 0.3) is 0 Å². The number of carbonyl (C=O) groups excluding carboxylic acids is 2. The van der Waals surface area contributed by atoms with E-state index in [4.69, 9.17) is 0 Å². The summed E-state index contributed by atoms with van der Waals surface area (Å²) in [5.41, 5.74) is 1.16. The van der Waals surface area contributed by atoms with Crippen molar-refractivity contribution >= 4 is 11.9 Å². The summed E-state index contributed by atoms with van der Waals surface area (Å²) >= 11 is 0. The number of rotatable bonds is 3.